The highest BCUT2D eigenvalue weighted by atomic mass is 33.8. The van der Waals surface area contributed by atoms with Crippen molar-refractivity contribution < 1.29 is 79.7 Å². The van der Waals surface area contributed by atoms with Crippen molar-refractivity contribution in [2.45, 2.75) is 257 Å². The zero-order valence-electron chi connectivity index (χ0n) is 72.6. The van der Waals surface area contributed by atoms with Crippen LogP contribution in [0.3, 0.4) is 0 Å². The first-order chi connectivity index (χ1) is 54.0. The molecule has 0 fully saturated rings. The summed E-state index contributed by atoms with van der Waals surface area (Å²) in [7, 11) is 4.76. The fourth-order valence-corrected chi connectivity index (χ4v) is 156. The van der Waals surface area contributed by atoms with Crippen molar-refractivity contribution in [1.29, 1.82) is 0 Å². The fourth-order valence-electron chi connectivity index (χ4n) is 8.86. The van der Waals surface area contributed by atoms with E-state index < -0.39 is 110 Å². The molecule has 112 heavy (non-hydrogen) atoms. The first-order valence-electron chi connectivity index (χ1n) is 40.0. The predicted octanol–water partition coefficient (Wildman–Crippen LogP) is 26.0. The highest BCUT2D eigenvalue weighted by Crippen LogP contribution is 2.80. The molecule has 0 aromatic carbocycles. The molecule has 0 spiro atoms. The molecule has 18 nitrogen and oxygen atoms in total. The minimum absolute atomic E-state index is 0.237. The van der Waals surface area contributed by atoms with Crippen LogP contribution in [0.4, 0.5) is 0 Å². The van der Waals surface area contributed by atoms with Crippen LogP contribution in [0.2, 0.25) is 0 Å². The summed E-state index contributed by atoms with van der Waals surface area (Å²) in [5.74, 6) is 5.46. The van der Waals surface area contributed by atoms with Crippen LogP contribution in [0.25, 0.3) is 0 Å². The average Bonchev–Trinajstić information content (AvgIpc) is 0.699. The number of hydrogen-bond donors (Lipinski definition) is 0. The minimum atomic E-state index is -3.97. The molecular weight excluding hydrogens is 1990 g/mol. The SMILES string of the molecule is CCCSS[S+](SC(CCC(C)CC)(S[S+](SSCCC)[Si](OCC)(OCC)OCC)C(C)(S[S+](SSCCC)[Si](OCC)(OCC)OCC)C(S[S+](SSCCC)[Si](OCC)(OCC)OCC)(S[S+](SSCCC)[Si](OCC)(OCC)OCC)S[S+](SSCCC)[Si](OCC)(OCC)OCC)[Si](OCC)(OCC)OCC. The smallest absolute Gasteiger partial charge is 0.331 e. The third kappa shape index (κ3) is 40.2. The maximum absolute atomic E-state index is 7.60. The van der Waals surface area contributed by atoms with E-state index in [9.17, 15) is 0 Å². The third-order valence-electron chi connectivity index (χ3n) is 13.6. The molecule has 0 amide bonds. The van der Waals surface area contributed by atoms with Crippen molar-refractivity contribution >= 4 is 287 Å². The maximum atomic E-state index is 7.60. The Labute approximate surface area is 772 Å². The molecule has 0 aromatic heterocycles. The predicted molar refractivity (Wildman–Crippen MR) is 558 cm³/mol. The maximum Gasteiger partial charge on any atom is 0.808 e. The molecule has 0 saturated heterocycles. The van der Waals surface area contributed by atoms with E-state index in [1.807, 2.05) is 188 Å². The lowest BCUT2D eigenvalue weighted by atomic mass is 9.96. The minimum Gasteiger partial charge on any atom is -0.331 e. The van der Waals surface area contributed by atoms with E-state index in [1.54, 1.807) is 0 Å². The van der Waals surface area contributed by atoms with Gasteiger partial charge in [-0.1, -0.05) is 61.8 Å². The Morgan fingerprint density at radius 2 is 0.402 bits per heavy atom. The van der Waals surface area contributed by atoms with Crippen molar-refractivity contribution in [2.24, 2.45) is 5.92 Å². The van der Waals surface area contributed by atoms with Crippen LogP contribution in [-0.4, -0.2) is 213 Å². The molecule has 0 saturated carbocycles. The molecule has 0 heterocycles. The first kappa shape index (κ1) is 121. The summed E-state index contributed by atoms with van der Waals surface area (Å²) >= 11 is 0. The van der Waals surface area contributed by atoms with Gasteiger partial charge in [-0.2, -0.15) is 0 Å². The van der Waals surface area contributed by atoms with E-state index in [4.69, 9.17) is 79.7 Å². The van der Waals surface area contributed by atoms with Crippen molar-refractivity contribution in [3.63, 3.8) is 0 Å². The van der Waals surface area contributed by atoms with Crippen LogP contribution in [0.5, 0.6) is 0 Å². The largest absolute Gasteiger partial charge is 0.808 e. The van der Waals surface area contributed by atoms with Gasteiger partial charge in [0.25, 0.3) is 3.41 Å². The Balaban J connectivity index is 13.7. The summed E-state index contributed by atoms with van der Waals surface area (Å²) in [4.78, 5) is 0. The second-order valence-electron chi connectivity index (χ2n) is 22.4. The lowest BCUT2D eigenvalue weighted by molar-refractivity contribution is 0.0958. The lowest BCUT2D eigenvalue weighted by Crippen LogP contribution is -2.65. The van der Waals surface area contributed by atoms with Crippen LogP contribution < -0.4 is 0 Å². The van der Waals surface area contributed by atoms with Gasteiger partial charge in [-0.15, -0.1) is 0 Å². The molecule has 8 atom stereocenters. The summed E-state index contributed by atoms with van der Waals surface area (Å²) in [6, 6.07) is 0. The topological polar surface area (TPSA) is 166 Å². The molecular formula is C64H148O18S24Si6+6. The standard InChI is InChI=1S/C64H148O18S24Si6/c1-28-55-83-95-101(107(65-35-8,66-36-9)67-37-10)89-62(27,63(54-53-61(26)34-7,90-102(96-84-56-29-2)108(68-38-11,69-39-12)70-40-13)91-103(97-85-57-30-3)109(71-41-14,72-42-15)73-43-16)64(92-104(98-86-58-31-4)110(74-44-17,75-45-18)76-46-19,93-105(99-87-59-32-5)111(77-47-20,78-48-21)79-49-22)94-106(100-88-60-33-6)112(80-50-23,81-51-24)82-52-25/h61H,28-60H2,1-27H3/q+6. The second kappa shape index (κ2) is 72.6. The van der Waals surface area contributed by atoms with Gasteiger partial charge in [0.1, 0.15) is 69.5 Å². The summed E-state index contributed by atoms with van der Waals surface area (Å²) in [5.41, 5.74) is 0. The zero-order chi connectivity index (χ0) is 84.3. The zero-order valence-corrected chi connectivity index (χ0v) is 98.2. The van der Waals surface area contributed by atoms with Gasteiger partial charge in [-0.3, -0.25) is 0 Å². The Morgan fingerprint density at radius 3 is 0.554 bits per heavy atom. The van der Waals surface area contributed by atoms with Crippen LogP contribution in [0, 0.1) is 5.92 Å². The highest BCUT2D eigenvalue weighted by Gasteiger charge is 2.89. The summed E-state index contributed by atoms with van der Waals surface area (Å²) < 4.78 is 133. The van der Waals surface area contributed by atoms with Crippen molar-refractivity contribution in [2.75, 3.05) is 153 Å². The van der Waals surface area contributed by atoms with Crippen LogP contribution in [0.1, 0.15) is 245 Å². The monoisotopic (exact) mass is 2140 g/mol. The Kier molecular flexibility index (Phi) is 78.4. The quantitative estimate of drug-likeness (QED) is 0.0185. The molecule has 0 rings (SSSR count). The van der Waals surface area contributed by atoms with E-state index in [2.05, 4.69) is 187 Å². The summed E-state index contributed by atoms with van der Waals surface area (Å²) in [5, 5.41) is 0. The van der Waals surface area contributed by atoms with Crippen LogP contribution in [-0.2, 0) is 130 Å². The molecule has 0 aliphatic heterocycles. The van der Waals surface area contributed by atoms with Gasteiger partial charge in [0.05, 0.1) is 0 Å². The van der Waals surface area contributed by atoms with Crippen LogP contribution >= 0.6 is 188 Å². The number of rotatable bonds is 84. The lowest BCUT2D eigenvalue weighted by Gasteiger charge is -2.49. The Morgan fingerprint density at radius 1 is 0.241 bits per heavy atom. The average molecular weight is 2140 g/mol. The van der Waals surface area contributed by atoms with Crippen LogP contribution in [0.15, 0.2) is 0 Å². The molecule has 0 radical (unpaired) electrons. The van der Waals surface area contributed by atoms with Gasteiger partial charge in [-0.25, -0.2) is 0 Å². The van der Waals surface area contributed by atoms with Crippen molar-refractivity contribution in [3.8, 4) is 0 Å². The normalized spacial score (nSPS) is 16.6. The molecule has 0 aromatic rings. The van der Waals surface area contributed by atoms with Gasteiger partial charge >= 0.3 is 47.7 Å². The number of hydrogen-bond acceptors (Lipinski definition) is 36. The van der Waals surface area contributed by atoms with Gasteiger partial charge in [-0.05, 0) is 254 Å². The molecule has 0 aliphatic carbocycles. The van der Waals surface area contributed by atoms with E-state index in [-0.39, 0.29) is 5.92 Å². The molecule has 48 heteroatoms. The van der Waals surface area contributed by atoms with Gasteiger partial charge in [0, 0.05) is 153 Å². The van der Waals surface area contributed by atoms with Gasteiger partial charge in [0.2, 0.25) is 0 Å². The summed E-state index contributed by atoms with van der Waals surface area (Å²) in [6.07, 6.45) is 8.06. The highest BCUT2D eigenvalue weighted by molar-refractivity contribution is 9.37. The second-order valence-corrected chi connectivity index (χ2v) is 107. The van der Waals surface area contributed by atoms with Crippen molar-refractivity contribution in [1.82, 2.24) is 0 Å². The summed E-state index contributed by atoms with van der Waals surface area (Å²) in [6.45, 7) is 65.2. The molecule has 0 N–H and O–H groups in total. The third-order valence-corrected chi connectivity index (χ3v) is 134. The van der Waals surface area contributed by atoms with E-state index in [1.165, 1.54) is 0 Å². The van der Waals surface area contributed by atoms with E-state index in [0.717, 1.165) is 85.9 Å². The molecule has 8 unspecified atom stereocenters. The molecule has 674 valence electrons. The van der Waals surface area contributed by atoms with E-state index in [0.29, 0.717) is 125 Å². The first-order valence-corrected chi connectivity index (χ1v) is 87.0. The molecule has 0 bridgehead atoms. The molecule has 0 aliphatic rings. The fraction of sp³-hybridized carbons (Fsp3) is 1.00. The van der Waals surface area contributed by atoms with Crippen molar-refractivity contribution in [3.05, 3.63) is 0 Å². The van der Waals surface area contributed by atoms with Gasteiger partial charge < -0.3 is 79.7 Å². The Bertz CT molecular complexity index is 1980. The van der Waals surface area contributed by atoms with Gasteiger partial charge in [0.15, 0.2) is 113 Å². The Hall–Kier alpha value is 8.98. The van der Waals surface area contributed by atoms with E-state index >= 15 is 0 Å².